The highest BCUT2D eigenvalue weighted by atomic mass is 32.2. The van der Waals surface area contributed by atoms with Gasteiger partial charge in [-0.15, -0.1) is 0 Å². The molecule has 0 amide bonds. The molecule has 180 valence electrons. The molecule has 0 fully saturated rings. The highest BCUT2D eigenvalue weighted by Crippen LogP contribution is 2.28. The van der Waals surface area contributed by atoms with E-state index in [0.29, 0.717) is 17.1 Å². The molecule has 0 aliphatic carbocycles. The van der Waals surface area contributed by atoms with Gasteiger partial charge in [0.05, 0.1) is 22.9 Å². The number of hydrogen-bond acceptors (Lipinski definition) is 6. The zero-order chi connectivity index (χ0) is 25.3. The van der Waals surface area contributed by atoms with E-state index < -0.39 is 50.8 Å². The fourth-order valence-electron chi connectivity index (χ4n) is 3.79. The Hall–Kier alpha value is -3.76. The number of carbonyl (C=O) groups is 2. The maximum absolute atomic E-state index is 13.8. The molecular formula is C25H20F2N2O5S. The third-order valence-corrected chi connectivity index (χ3v) is 6.29. The van der Waals surface area contributed by atoms with Crippen molar-refractivity contribution in [2.75, 3.05) is 12.0 Å². The van der Waals surface area contributed by atoms with Crippen LogP contribution in [0.2, 0.25) is 0 Å². The molecule has 0 radical (unpaired) electrons. The van der Waals surface area contributed by atoms with Crippen molar-refractivity contribution in [2.24, 2.45) is 0 Å². The minimum Gasteiger partial charge on any atom is -0.387 e. The van der Waals surface area contributed by atoms with Crippen LogP contribution in [0.3, 0.4) is 0 Å². The van der Waals surface area contributed by atoms with Gasteiger partial charge in [0.2, 0.25) is 0 Å². The summed E-state index contributed by atoms with van der Waals surface area (Å²) in [5, 5.41) is 10.3. The van der Waals surface area contributed by atoms with Crippen molar-refractivity contribution in [1.29, 1.82) is 0 Å². The number of nitrogens with one attached hydrogen (secondary N) is 1. The maximum atomic E-state index is 13.8. The van der Waals surface area contributed by atoms with Crippen molar-refractivity contribution in [3.8, 4) is 0 Å². The van der Waals surface area contributed by atoms with Crippen molar-refractivity contribution >= 4 is 32.4 Å². The van der Waals surface area contributed by atoms with E-state index in [2.05, 4.69) is 9.97 Å². The lowest BCUT2D eigenvalue weighted by Crippen LogP contribution is -2.24. The van der Waals surface area contributed by atoms with Gasteiger partial charge in [-0.3, -0.25) is 9.59 Å². The summed E-state index contributed by atoms with van der Waals surface area (Å²) in [4.78, 5) is 34.3. The molecule has 0 aliphatic heterocycles. The van der Waals surface area contributed by atoms with Crippen molar-refractivity contribution < 1.29 is 31.9 Å². The van der Waals surface area contributed by atoms with Crippen LogP contribution in [0.4, 0.5) is 8.78 Å². The summed E-state index contributed by atoms with van der Waals surface area (Å²) in [6.45, 7) is 0. The van der Waals surface area contributed by atoms with Crippen LogP contribution in [0.25, 0.3) is 11.0 Å². The first-order chi connectivity index (χ1) is 16.5. The standard InChI is InChI=1S/C25H20F2N2O5S/c1-35(33,34)13-21(30)14-5-4-6-15(9-14)23(31)22(24(32)16-10-17(26)12-18(27)11-16)25-28-19-7-2-3-8-20(19)29-25/h2-12,21-22,30H,13H2,1H3,(H,28,29). The molecular weight excluding hydrogens is 478 g/mol. The van der Waals surface area contributed by atoms with Crippen LogP contribution in [-0.4, -0.2) is 47.1 Å². The number of fused-ring (bicyclic) bond motifs is 1. The summed E-state index contributed by atoms with van der Waals surface area (Å²) in [5.74, 6) is -5.73. The van der Waals surface area contributed by atoms with Gasteiger partial charge in [-0.25, -0.2) is 22.2 Å². The van der Waals surface area contributed by atoms with Gasteiger partial charge in [-0.1, -0.05) is 30.3 Å². The largest absolute Gasteiger partial charge is 0.387 e. The fraction of sp³-hybridized carbons (Fsp3) is 0.160. The van der Waals surface area contributed by atoms with E-state index in [9.17, 15) is 31.9 Å². The lowest BCUT2D eigenvalue weighted by atomic mass is 9.88. The van der Waals surface area contributed by atoms with Crippen molar-refractivity contribution in [2.45, 2.75) is 12.0 Å². The second kappa shape index (κ2) is 9.47. The third-order valence-electron chi connectivity index (χ3n) is 5.37. The Balaban J connectivity index is 1.80. The summed E-state index contributed by atoms with van der Waals surface area (Å²) in [6, 6.07) is 14.7. The highest BCUT2D eigenvalue weighted by Gasteiger charge is 2.34. The van der Waals surface area contributed by atoms with Gasteiger partial charge in [-0.2, -0.15) is 0 Å². The van der Waals surface area contributed by atoms with Gasteiger partial charge in [0.1, 0.15) is 33.2 Å². The number of H-pyrrole nitrogens is 1. The summed E-state index contributed by atoms with van der Waals surface area (Å²) < 4.78 is 50.8. The maximum Gasteiger partial charge on any atom is 0.181 e. The van der Waals surface area contributed by atoms with Crippen LogP contribution in [0.1, 0.15) is 44.1 Å². The lowest BCUT2D eigenvalue weighted by molar-refractivity contribution is 0.0855. The molecule has 0 spiro atoms. The van der Waals surface area contributed by atoms with Crippen LogP contribution in [0.15, 0.2) is 66.7 Å². The zero-order valence-electron chi connectivity index (χ0n) is 18.4. The first-order valence-corrected chi connectivity index (χ1v) is 12.5. The van der Waals surface area contributed by atoms with Crippen LogP contribution in [0, 0.1) is 11.6 Å². The molecule has 0 aliphatic rings. The second-order valence-corrected chi connectivity index (χ2v) is 10.4. The zero-order valence-corrected chi connectivity index (χ0v) is 19.2. The monoisotopic (exact) mass is 498 g/mol. The Kier molecular flexibility index (Phi) is 6.60. The molecule has 0 saturated heterocycles. The number of sulfone groups is 1. The van der Waals surface area contributed by atoms with Gasteiger partial charge in [0, 0.05) is 23.4 Å². The topological polar surface area (TPSA) is 117 Å². The molecule has 4 aromatic rings. The number of para-hydroxylation sites is 2. The lowest BCUT2D eigenvalue weighted by Gasteiger charge is -2.15. The Morgan fingerprint density at radius 3 is 2.26 bits per heavy atom. The number of halogens is 2. The number of imidazole rings is 1. The SMILES string of the molecule is CS(=O)(=O)CC(O)c1cccc(C(=O)C(C(=O)c2cc(F)cc(F)c2)c2nc3ccccc3[nH]2)c1. The minimum absolute atomic E-state index is 0.00858. The molecule has 35 heavy (non-hydrogen) atoms. The summed E-state index contributed by atoms with van der Waals surface area (Å²) in [6.07, 6.45) is -0.421. The molecule has 3 aromatic carbocycles. The number of carbonyl (C=O) groups excluding carboxylic acids is 2. The number of aromatic amines is 1. The number of aliphatic hydroxyl groups excluding tert-OH is 1. The van der Waals surface area contributed by atoms with Crippen molar-refractivity contribution in [1.82, 2.24) is 9.97 Å². The average molecular weight is 499 g/mol. The molecule has 10 heteroatoms. The molecule has 2 unspecified atom stereocenters. The summed E-state index contributed by atoms with van der Waals surface area (Å²) in [7, 11) is -3.51. The predicted molar refractivity (Wildman–Crippen MR) is 125 cm³/mol. The number of Topliss-reactive ketones (excluding diaryl/α,β-unsaturated/α-hetero) is 2. The number of hydrogen-bond donors (Lipinski definition) is 2. The van der Waals surface area contributed by atoms with Crippen molar-refractivity contribution in [3.05, 3.63) is 101 Å². The highest BCUT2D eigenvalue weighted by molar-refractivity contribution is 7.90. The summed E-state index contributed by atoms with van der Waals surface area (Å²) >= 11 is 0. The molecule has 1 heterocycles. The molecule has 2 N–H and O–H groups in total. The molecule has 4 rings (SSSR count). The van der Waals surface area contributed by atoms with Gasteiger partial charge in [0.15, 0.2) is 11.6 Å². The molecule has 0 bridgehead atoms. The van der Waals surface area contributed by atoms with E-state index in [1.807, 2.05) is 0 Å². The van der Waals surface area contributed by atoms with Crippen LogP contribution < -0.4 is 0 Å². The first kappa shape index (κ1) is 24.4. The number of aliphatic hydroxyl groups is 1. The van der Waals surface area contributed by atoms with Gasteiger partial charge >= 0.3 is 0 Å². The van der Waals surface area contributed by atoms with E-state index in [-0.39, 0.29) is 22.5 Å². The molecule has 7 nitrogen and oxygen atoms in total. The number of aromatic nitrogens is 2. The Labute approximate surface area is 199 Å². The Bertz CT molecular complexity index is 1500. The van der Waals surface area contributed by atoms with Crippen molar-refractivity contribution in [3.63, 3.8) is 0 Å². The quantitative estimate of drug-likeness (QED) is 0.282. The van der Waals surface area contributed by atoms with Gasteiger partial charge < -0.3 is 10.1 Å². The number of ketones is 2. The minimum atomic E-state index is -3.51. The van der Waals surface area contributed by atoms with E-state index in [1.54, 1.807) is 24.3 Å². The van der Waals surface area contributed by atoms with E-state index in [1.165, 1.54) is 24.3 Å². The first-order valence-electron chi connectivity index (χ1n) is 10.5. The van der Waals surface area contributed by atoms with Gasteiger partial charge in [0.25, 0.3) is 0 Å². The van der Waals surface area contributed by atoms with Crippen LogP contribution in [-0.2, 0) is 9.84 Å². The third kappa shape index (κ3) is 5.50. The van der Waals surface area contributed by atoms with Crippen LogP contribution in [0.5, 0.6) is 0 Å². The summed E-state index contributed by atoms with van der Waals surface area (Å²) in [5.41, 5.74) is 0.834. The van der Waals surface area contributed by atoms with E-state index in [0.717, 1.165) is 18.4 Å². The average Bonchev–Trinajstić information content (AvgIpc) is 3.21. The van der Waals surface area contributed by atoms with Gasteiger partial charge in [-0.05, 0) is 35.9 Å². The van der Waals surface area contributed by atoms with E-state index in [4.69, 9.17) is 0 Å². The van der Waals surface area contributed by atoms with Crippen LogP contribution >= 0.6 is 0 Å². The molecule has 2 atom stereocenters. The smallest absolute Gasteiger partial charge is 0.181 e. The number of rotatable bonds is 8. The Morgan fingerprint density at radius 2 is 1.60 bits per heavy atom. The molecule has 0 saturated carbocycles. The number of nitrogens with zero attached hydrogens (tertiary/aromatic N) is 1. The predicted octanol–water partition coefficient (Wildman–Crippen LogP) is 3.77. The second-order valence-electron chi connectivity index (χ2n) is 8.19. The molecule has 1 aromatic heterocycles. The van der Waals surface area contributed by atoms with E-state index >= 15 is 0 Å². The Morgan fingerprint density at radius 1 is 0.943 bits per heavy atom. The number of benzene rings is 3. The normalized spacial score (nSPS) is 13.5. The fourth-order valence-corrected chi connectivity index (χ4v) is 4.55.